The number of rotatable bonds is 3. The number of carbonyl (C=O) groups is 1. The molecule has 0 aliphatic heterocycles. The number of hydrogen-bond acceptors (Lipinski definition) is 3. The second-order valence-electron chi connectivity index (χ2n) is 5.11. The molecule has 1 aliphatic carbocycles. The summed E-state index contributed by atoms with van der Waals surface area (Å²) < 4.78 is 1.07. The Morgan fingerprint density at radius 3 is 2.72 bits per heavy atom. The number of halogens is 1. The van der Waals surface area contributed by atoms with Crippen LogP contribution in [0.15, 0.2) is 15.9 Å². The molecular weight excluding hydrogens is 312 g/mol. The molecule has 1 aromatic rings. The smallest absolute Gasteiger partial charge is 0.242 e. The highest BCUT2D eigenvalue weighted by molar-refractivity contribution is 9.10. The third-order valence-corrected chi connectivity index (χ3v) is 5.22. The van der Waals surface area contributed by atoms with Gasteiger partial charge < -0.3 is 10.6 Å². The predicted molar refractivity (Wildman–Crippen MR) is 78.5 cm³/mol. The Hall–Kier alpha value is -0.390. The molecule has 0 spiro atoms. The average Bonchev–Trinajstić information content (AvgIpc) is 2.74. The van der Waals surface area contributed by atoms with Crippen LogP contribution in [-0.4, -0.2) is 23.4 Å². The van der Waals surface area contributed by atoms with E-state index in [1.165, 1.54) is 11.3 Å². The van der Waals surface area contributed by atoms with Crippen LogP contribution in [0.2, 0.25) is 0 Å². The van der Waals surface area contributed by atoms with Crippen LogP contribution in [0.4, 0.5) is 0 Å². The Morgan fingerprint density at radius 2 is 2.17 bits per heavy atom. The second-order valence-corrected chi connectivity index (χ2v) is 7.02. The van der Waals surface area contributed by atoms with E-state index >= 15 is 0 Å². The third-order valence-electron chi connectivity index (χ3n) is 3.53. The van der Waals surface area contributed by atoms with Gasteiger partial charge in [-0.15, -0.1) is 11.3 Å². The summed E-state index contributed by atoms with van der Waals surface area (Å²) in [5.74, 6) is 0.0896. The molecule has 1 heterocycles. The van der Waals surface area contributed by atoms with E-state index in [0.29, 0.717) is 6.54 Å². The van der Waals surface area contributed by atoms with E-state index < -0.39 is 5.54 Å². The lowest BCUT2D eigenvalue weighted by Gasteiger charge is -2.35. The molecule has 0 aromatic carbocycles. The van der Waals surface area contributed by atoms with Gasteiger partial charge in [0.1, 0.15) is 0 Å². The molecule has 0 radical (unpaired) electrons. The minimum atomic E-state index is -0.624. The molecule has 1 amide bonds. The number of amides is 1. The van der Waals surface area contributed by atoms with Gasteiger partial charge in [-0.3, -0.25) is 4.79 Å². The molecule has 2 N–H and O–H groups in total. The highest BCUT2D eigenvalue weighted by atomic mass is 79.9. The molecule has 2 rings (SSSR count). The van der Waals surface area contributed by atoms with Crippen molar-refractivity contribution in [1.29, 1.82) is 0 Å². The number of nitrogens with two attached hydrogens (primary N) is 1. The lowest BCUT2D eigenvalue weighted by atomic mass is 9.81. The van der Waals surface area contributed by atoms with Crippen molar-refractivity contribution in [2.75, 3.05) is 7.05 Å². The normalized spacial score (nSPS) is 18.6. The number of thiophene rings is 1. The Labute approximate surface area is 120 Å². The molecule has 0 saturated heterocycles. The fraction of sp³-hybridized carbons (Fsp3) is 0.615. The first-order chi connectivity index (χ1) is 8.51. The molecule has 0 bridgehead atoms. The first-order valence-electron chi connectivity index (χ1n) is 6.29. The average molecular weight is 331 g/mol. The number of nitrogens with zero attached hydrogens (tertiary/aromatic N) is 1. The molecule has 100 valence electrons. The van der Waals surface area contributed by atoms with Crippen molar-refractivity contribution in [2.24, 2.45) is 5.73 Å². The highest BCUT2D eigenvalue weighted by Gasteiger charge is 2.37. The van der Waals surface area contributed by atoms with E-state index in [1.807, 2.05) is 12.4 Å². The predicted octanol–water partition coefficient (Wildman–Crippen LogP) is 3.13. The van der Waals surface area contributed by atoms with Crippen molar-refractivity contribution in [2.45, 2.75) is 44.2 Å². The Kier molecular flexibility index (Phi) is 4.45. The summed E-state index contributed by atoms with van der Waals surface area (Å²) in [5.41, 5.74) is 5.64. The SMILES string of the molecule is CN(Cc1cc(Br)cs1)C(=O)C1(N)CCCCC1. The van der Waals surface area contributed by atoms with Gasteiger partial charge in [-0.2, -0.15) is 0 Å². The van der Waals surface area contributed by atoms with Crippen LogP contribution in [0.1, 0.15) is 37.0 Å². The third kappa shape index (κ3) is 3.13. The molecule has 1 aliphatic rings. The summed E-state index contributed by atoms with van der Waals surface area (Å²) in [6.07, 6.45) is 4.99. The van der Waals surface area contributed by atoms with Gasteiger partial charge >= 0.3 is 0 Å². The van der Waals surface area contributed by atoms with Crippen molar-refractivity contribution in [3.05, 3.63) is 20.8 Å². The summed E-state index contributed by atoms with van der Waals surface area (Å²) in [4.78, 5) is 15.4. The van der Waals surface area contributed by atoms with E-state index in [2.05, 4.69) is 22.0 Å². The molecule has 0 atom stereocenters. The topological polar surface area (TPSA) is 46.3 Å². The van der Waals surface area contributed by atoms with E-state index in [1.54, 1.807) is 16.2 Å². The van der Waals surface area contributed by atoms with E-state index in [0.717, 1.165) is 30.2 Å². The maximum Gasteiger partial charge on any atom is 0.242 e. The van der Waals surface area contributed by atoms with E-state index in [9.17, 15) is 4.79 Å². The first-order valence-corrected chi connectivity index (χ1v) is 7.96. The van der Waals surface area contributed by atoms with Gasteiger partial charge in [0.2, 0.25) is 5.91 Å². The molecule has 18 heavy (non-hydrogen) atoms. The standard InChI is InChI=1S/C13H19BrN2OS/c1-16(8-11-7-10(14)9-18-11)12(17)13(15)5-3-2-4-6-13/h7,9H,2-6,8,15H2,1H3. The largest absolute Gasteiger partial charge is 0.339 e. The highest BCUT2D eigenvalue weighted by Crippen LogP contribution is 2.28. The van der Waals surface area contributed by atoms with Gasteiger partial charge in [-0.05, 0) is 34.8 Å². The Morgan fingerprint density at radius 1 is 1.50 bits per heavy atom. The lowest BCUT2D eigenvalue weighted by Crippen LogP contribution is -2.55. The number of carbonyl (C=O) groups excluding carboxylic acids is 1. The van der Waals surface area contributed by atoms with Crippen LogP contribution in [-0.2, 0) is 11.3 Å². The van der Waals surface area contributed by atoms with Crippen molar-refractivity contribution >= 4 is 33.2 Å². The van der Waals surface area contributed by atoms with Gasteiger partial charge in [0, 0.05) is 21.8 Å². The maximum atomic E-state index is 12.4. The van der Waals surface area contributed by atoms with Crippen LogP contribution in [0.5, 0.6) is 0 Å². The second kappa shape index (κ2) is 5.72. The fourth-order valence-electron chi connectivity index (χ4n) is 2.52. The number of likely N-dealkylation sites (N-methyl/N-ethyl adjacent to an activating group) is 1. The molecule has 5 heteroatoms. The molecule has 3 nitrogen and oxygen atoms in total. The molecule has 1 saturated carbocycles. The summed E-state index contributed by atoms with van der Waals surface area (Å²) >= 11 is 5.09. The van der Waals surface area contributed by atoms with Crippen LogP contribution in [0, 0.1) is 0 Å². The van der Waals surface area contributed by atoms with Crippen LogP contribution in [0.3, 0.4) is 0 Å². The summed E-state index contributed by atoms with van der Waals surface area (Å²) in [6.45, 7) is 0.647. The number of hydrogen-bond donors (Lipinski definition) is 1. The minimum Gasteiger partial charge on any atom is -0.339 e. The zero-order chi connectivity index (χ0) is 13.2. The first kappa shape index (κ1) is 14.0. The van der Waals surface area contributed by atoms with Crippen LogP contribution in [0.25, 0.3) is 0 Å². The molecule has 0 unspecified atom stereocenters. The minimum absolute atomic E-state index is 0.0896. The van der Waals surface area contributed by atoms with Gasteiger partial charge in [-0.1, -0.05) is 19.3 Å². The summed E-state index contributed by atoms with van der Waals surface area (Å²) in [5, 5.41) is 2.03. The van der Waals surface area contributed by atoms with Crippen molar-refractivity contribution in [3.63, 3.8) is 0 Å². The zero-order valence-corrected chi connectivity index (χ0v) is 13.0. The van der Waals surface area contributed by atoms with Gasteiger partial charge in [0.05, 0.1) is 12.1 Å². The van der Waals surface area contributed by atoms with Crippen molar-refractivity contribution < 1.29 is 4.79 Å². The zero-order valence-electron chi connectivity index (χ0n) is 10.6. The van der Waals surface area contributed by atoms with Crippen molar-refractivity contribution in [1.82, 2.24) is 4.90 Å². The van der Waals surface area contributed by atoms with Crippen LogP contribution >= 0.6 is 27.3 Å². The maximum absolute atomic E-state index is 12.4. The quantitative estimate of drug-likeness (QED) is 0.925. The van der Waals surface area contributed by atoms with Gasteiger partial charge in [-0.25, -0.2) is 0 Å². The van der Waals surface area contributed by atoms with Gasteiger partial charge in [0.25, 0.3) is 0 Å². The van der Waals surface area contributed by atoms with E-state index in [4.69, 9.17) is 5.73 Å². The molecule has 1 aromatic heterocycles. The van der Waals surface area contributed by atoms with Crippen molar-refractivity contribution in [3.8, 4) is 0 Å². The van der Waals surface area contributed by atoms with E-state index in [-0.39, 0.29) is 5.91 Å². The summed E-state index contributed by atoms with van der Waals surface area (Å²) in [6, 6.07) is 2.05. The summed E-state index contributed by atoms with van der Waals surface area (Å²) in [7, 11) is 1.85. The Balaban J connectivity index is 1.99. The molecular formula is C13H19BrN2OS. The Bertz CT molecular complexity index is 426. The molecule has 1 fully saturated rings. The van der Waals surface area contributed by atoms with Gasteiger partial charge in [0.15, 0.2) is 0 Å². The monoisotopic (exact) mass is 330 g/mol. The lowest BCUT2D eigenvalue weighted by molar-refractivity contribution is -0.137. The van der Waals surface area contributed by atoms with Crippen LogP contribution < -0.4 is 5.73 Å². The fourth-order valence-corrected chi connectivity index (χ4v) is 4.02.